The van der Waals surface area contributed by atoms with Gasteiger partial charge in [-0.25, -0.2) is 0 Å². The molecule has 0 spiro atoms. The Bertz CT molecular complexity index is 200. The summed E-state index contributed by atoms with van der Waals surface area (Å²) in [6, 6.07) is 0.653. The molecule has 17 heavy (non-hydrogen) atoms. The number of hydrogen-bond donors (Lipinski definition) is 1. The third kappa shape index (κ3) is 5.84. The molecule has 0 aromatic heterocycles. The monoisotopic (exact) mass is 243 g/mol. The normalized spacial score (nSPS) is 27.7. The predicted octanol–water partition coefficient (Wildman–Crippen LogP) is 2.28. The van der Waals surface area contributed by atoms with Crippen LogP contribution in [-0.2, 0) is 4.74 Å². The van der Waals surface area contributed by atoms with E-state index in [2.05, 4.69) is 18.9 Å². The van der Waals surface area contributed by atoms with Gasteiger partial charge in [0.15, 0.2) is 0 Å². The van der Waals surface area contributed by atoms with Gasteiger partial charge in [0.2, 0.25) is 0 Å². The van der Waals surface area contributed by atoms with E-state index in [9.17, 15) is 5.11 Å². The molecule has 0 heterocycles. The Morgan fingerprint density at radius 3 is 2.35 bits per heavy atom. The van der Waals surface area contributed by atoms with Crippen LogP contribution in [-0.4, -0.2) is 48.5 Å². The number of hydrogen-bond acceptors (Lipinski definition) is 3. The first-order valence-electron chi connectivity index (χ1n) is 6.99. The predicted molar refractivity (Wildman–Crippen MR) is 71.1 cm³/mol. The van der Waals surface area contributed by atoms with Crippen molar-refractivity contribution in [1.29, 1.82) is 0 Å². The lowest BCUT2D eigenvalue weighted by molar-refractivity contribution is -0.0128. The van der Waals surface area contributed by atoms with Crippen LogP contribution >= 0.6 is 0 Å². The second-order valence-corrected chi connectivity index (χ2v) is 5.89. The number of likely N-dealkylation sites (N-methyl/N-ethyl adjacent to an activating group) is 1. The molecule has 3 heteroatoms. The van der Waals surface area contributed by atoms with E-state index in [4.69, 9.17) is 4.74 Å². The highest BCUT2D eigenvalue weighted by Gasteiger charge is 2.23. The Hall–Kier alpha value is -0.120. The van der Waals surface area contributed by atoms with E-state index in [0.717, 1.165) is 12.5 Å². The summed E-state index contributed by atoms with van der Waals surface area (Å²) in [7, 11) is 2.12. The molecule has 0 amide bonds. The van der Waals surface area contributed by atoms with E-state index >= 15 is 0 Å². The molecule has 102 valence electrons. The first kappa shape index (κ1) is 14.9. The fourth-order valence-corrected chi connectivity index (χ4v) is 2.52. The fourth-order valence-electron chi connectivity index (χ4n) is 2.52. The molecule has 0 aromatic rings. The van der Waals surface area contributed by atoms with Crippen LogP contribution in [0.3, 0.4) is 0 Å². The first-order valence-corrected chi connectivity index (χ1v) is 6.99. The molecule has 1 aliphatic rings. The summed E-state index contributed by atoms with van der Waals surface area (Å²) in [6.07, 6.45) is 5.04. The summed E-state index contributed by atoms with van der Waals surface area (Å²) in [5.74, 6) is 0.883. The van der Waals surface area contributed by atoms with Gasteiger partial charge in [-0.2, -0.15) is 0 Å². The van der Waals surface area contributed by atoms with Crippen LogP contribution in [0.4, 0.5) is 0 Å². The molecule has 3 nitrogen and oxygen atoms in total. The summed E-state index contributed by atoms with van der Waals surface area (Å²) >= 11 is 0. The quantitative estimate of drug-likeness (QED) is 0.777. The lowest BCUT2D eigenvalue weighted by Gasteiger charge is -2.34. The van der Waals surface area contributed by atoms with Crippen LogP contribution in [0, 0.1) is 5.92 Å². The molecule has 1 unspecified atom stereocenters. The highest BCUT2D eigenvalue weighted by atomic mass is 16.5. The maximum atomic E-state index is 9.88. The molecule has 0 radical (unpaired) electrons. The highest BCUT2D eigenvalue weighted by molar-refractivity contribution is 4.77. The zero-order valence-corrected chi connectivity index (χ0v) is 11.9. The third-order valence-electron chi connectivity index (χ3n) is 3.73. The summed E-state index contributed by atoms with van der Waals surface area (Å²) < 4.78 is 5.43. The smallest absolute Gasteiger partial charge is 0.0900 e. The van der Waals surface area contributed by atoms with Gasteiger partial charge in [0.25, 0.3) is 0 Å². The van der Waals surface area contributed by atoms with E-state index in [1.54, 1.807) is 0 Å². The van der Waals surface area contributed by atoms with Gasteiger partial charge in [0, 0.05) is 12.6 Å². The minimum Gasteiger partial charge on any atom is -0.389 e. The van der Waals surface area contributed by atoms with E-state index in [-0.39, 0.29) is 12.2 Å². The van der Waals surface area contributed by atoms with Crippen molar-refractivity contribution in [3.8, 4) is 0 Å². The molecule has 0 aromatic carbocycles. The molecule has 1 fully saturated rings. The minimum absolute atomic E-state index is 0.200. The van der Waals surface area contributed by atoms with Gasteiger partial charge in [-0.05, 0) is 52.5 Å². The zero-order valence-electron chi connectivity index (χ0n) is 11.9. The van der Waals surface area contributed by atoms with E-state index in [1.165, 1.54) is 25.7 Å². The minimum atomic E-state index is -0.359. The van der Waals surface area contributed by atoms with E-state index in [0.29, 0.717) is 12.6 Å². The largest absolute Gasteiger partial charge is 0.389 e. The number of rotatable bonds is 6. The maximum Gasteiger partial charge on any atom is 0.0900 e. The van der Waals surface area contributed by atoms with Crippen molar-refractivity contribution in [1.82, 2.24) is 4.90 Å². The van der Waals surface area contributed by atoms with Crippen molar-refractivity contribution in [3.05, 3.63) is 0 Å². The first-order chi connectivity index (χ1) is 7.99. The number of aliphatic hydroxyl groups excluding tert-OH is 1. The standard InChI is InChI=1S/C14H29NO2/c1-11(2)17-10-14(16)9-15(4)13-7-5-12(3)6-8-13/h11-14,16H,5-10H2,1-4H3. The van der Waals surface area contributed by atoms with Gasteiger partial charge in [-0.15, -0.1) is 0 Å². The van der Waals surface area contributed by atoms with Crippen LogP contribution in [0.15, 0.2) is 0 Å². The molecule has 0 aliphatic heterocycles. The second kappa shape index (κ2) is 7.34. The number of ether oxygens (including phenoxy) is 1. The van der Waals surface area contributed by atoms with Crippen molar-refractivity contribution in [3.63, 3.8) is 0 Å². The number of nitrogens with zero attached hydrogens (tertiary/aromatic N) is 1. The lowest BCUT2D eigenvalue weighted by Crippen LogP contribution is -2.41. The molecular weight excluding hydrogens is 214 g/mol. The molecule has 1 rings (SSSR count). The molecule has 1 N–H and O–H groups in total. The molecule has 0 saturated heterocycles. The maximum absolute atomic E-state index is 9.88. The van der Waals surface area contributed by atoms with Gasteiger partial charge in [0.1, 0.15) is 0 Å². The zero-order chi connectivity index (χ0) is 12.8. The van der Waals surface area contributed by atoms with Gasteiger partial charge in [-0.3, -0.25) is 0 Å². The van der Waals surface area contributed by atoms with Crippen LogP contribution in [0.5, 0.6) is 0 Å². The molecule has 0 bridgehead atoms. The van der Waals surface area contributed by atoms with Crippen LogP contribution in [0.2, 0.25) is 0 Å². The Kier molecular flexibility index (Phi) is 6.45. The Balaban J connectivity index is 2.21. The molecule has 1 aliphatic carbocycles. The summed E-state index contributed by atoms with van der Waals surface area (Å²) in [6.45, 7) is 7.51. The molecule has 1 atom stereocenters. The lowest BCUT2D eigenvalue weighted by atomic mass is 9.87. The van der Waals surface area contributed by atoms with Gasteiger partial charge in [0.05, 0.1) is 18.8 Å². The van der Waals surface area contributed by atoms with Crippen molar-refractivity contribution in [2.45, 2.75) is 64.7 Å². The van der Waals surface area contributed by atoms with Crippen molar-refractivity contribution in [2.75, 3.05) is 20.2 Å². The topological polar surface area (TPSA) is 32.7 Å². The summed E-state index contributed by atoms with van der Waals surface area (Å²) in [4.78, 5) is 2.31. The average Bonchev–Trinajstić information content (AvgIpc) is 2.27. The third-order valence-corrected chi connectivity index (χ3v) is 3.73. The SMILES string of the molecule is CC1CCC(N(C)CC(O)COC(C)C)CC1. The van der Waals surface area contributed by atoms with E-state index < -0.39 is 0 Å². The summed E-state index contributed by atoms with van der Waals surface area (Å²) in [5, 5.41) is 9.88. The highest BCUT2D eigenvalue weighted by Crippen LogP contribution is 2.26. The summed E-state index contributed by atoms with van der Waals surface area (Å²) in [5.41, 5.74) is 0. The fraction of sp³-hybridized carbons (Fsp3) is 1.00. The van der Waals surface area contributed by atoms with E-state index in [1.807, 2.05) is 13.8 Å². The van der Waals surface area contributed by atoms with Crippen LogP contribution in [0.25, 0.3) is 0 Å². The average molecular weight is 243 g/mol. The van der Waals surface area contributed by atoms with Crippen molar-refractivity contribution >= 4 is 0 Å². The van der Waals surface area contributed by atoms with Crippen molar-refractivity contribution < 1.29 is 9.84 Å². The number of aliphatic hydroxyl groups is 1. The molecular formula is C14H29NO2. The van der Waals surface area contributed by atoms with Crippen molar-refractivity contribution in [2.24, 2.45) is 5.92 Å². The van der Waals surface area contributed by atoms with Crippen LogP contribution < -0.4 is 0 Å². The second-order valence-electron chi connectivity index (χ2n) is 5.89. The van der Waals surface area contributed by atoms with Gasteiger partial charge >= 0.3 is 0 Å². The Morgan fingerprint density at radius 2 is 1.82 bits per heavy atom. The van der Waals surface area contributed by atoms with Gasteiger partial charge in [-0.1, -0.05) is 6.92 Å². The Labute approximate surface area is 106 Å². The van der Waals surface area contributed by atoms with Crippen LogP contribution in [0.1, 0.15) is 46.5 Å². The van der Waals surface area contributed by atoms with Gasteiger partial charge < -0.3 is 14.7 Å². The molecule has 1 saturated carbocycles. The Morgan fingerprint density at radius 1 is 1.24 bits per heavy atom.